The third-order valence-corrected chi connectivity index (χ3v) is 10.3. The van der Waals surface area contributed by atoms with Gasteiger partial charge in [-0.15, -0.1) is 0 Å². The Bertz CT molecular complexity index is 2400. The van der Waals surface area contributed by atoms with Crippen molar-refractivity contribution in [3.8, 4) is 17.0 Å². The number of aromatic hydroxyl groups is 1. The summed E-state index contributed by atoms with van der Waals surface area (Å²) in [5.41, 5.74) is 2.33. The van der Waals surface area contributed by atoms with Gasteiger partial charge < -0.3 is 24.7 Å². The predicted molar refractivity (Wildman–Crippen MR) is 203 cm³/mol. The van der Waals surface area contributed by atoms with Crippen LogP contribution in [0.25, 0.3) is 22.0 Å². The number of urea groups is 1. The summed E-state index contributed by atoms with van der Waals surface area (Å²) in [6.07, 6.45) is -5.32. The van der Waals surface area contributed by atoms with Gasteiger partial charge in [0.2, 0.25) is 11.8 Å². The minimum Gasteiger partial charge on any atom is -0.508 e. The van der Waals surface area contributed by atoms with Gasteiger partial charge in [0.05, 0.1) is 25.2 Å². The predicted octanol–water partition coefficient (Wildman–Crippen LogP) is 6.97. The molecule has 2 saturated heterocycles. The van der Waals surface area contributed by atoms with Crippen LogP contribution in [-0.2, 0) is 41.8 Å². The van der Waals surface area contributed by atoms with Crippen molar-refractivity contribution in [2.24, 2.45) is 0 Å². The molecule has 2 atom stereocenters. The molecule has 0 aliphatic carbocycles. The van der Waals surface area contributed by atoms with Gasteiger partial charge in [-0.2, -0.15) is 18.2 Å². The van der Waals surface area contributed by atoms with Crippen molar-refractivity contribution in [3.63, 3.8) is 0 Å². The normalized spacial score (nSPS) is 17.6. The third kappa shape index (κ3) is 7.89. The van der Waals surface area contributed by atoms with E-state index in [1.165, 1.54) is 34.2 Å². The quantitative estimate of drug-likeness (QED) is 0.163. The van der Waals surface area contributed by atoms with Gasteiger partial charge in [0.15, 0.2) is 5.76 Å². The molecule has 2 unspecified atom stereocenters. The molecule has 3 heterocycles. The molecule has 14 heteroatoms. The van der Waals surface area contributed by atoms with Crippen LogP contribution in [0.3, 0.4) is 0 Å². The van der Waals surface area contributed by atoms with Crippen LogP contribution in [0.4, 0.5) is 18.0 Å². The summed E-state index contributed by atoms with van der Waals surface area (Å²) >= 11 is 0. The fourth-order valence-corrected chi connectivity index (χ4v) is 7.55. The summed E-state index contributed by atoms with van der Waals surface area (Å²) in [6.45, 7) is -0.0114. The average molecular weight is 775 g/mol. The third-order valence-electron chi connectivity index (χ3n) is 10.3. The Balaban J connectivity index is 1.15. The molecule has 2 aliphatic rings. The maximum atomic E-state index is 14.6. The first-order valence-electron chi connectivity index (χ1n) is 18.4. The summed E-state index contributed by atoms with van der Waals surface area (Å²) in [5.74, 6) is -0.358. The summed E-state index contributed by atoms with van der Waals surface area (Å²) < 4.78 is 45.3. The van der Waals surface area contributed by atoms with Crippen LogP contribution < -0.4 is 5.32 Å². The Morgan fingerprint density at radius 3 is 2.32 bits per heavy atom. The van der Waals surface area contributed by atoms with Crippen LogP contribution in [0.15, 0.2) is 132 Å². The number of piperazine rings is 1. The molecule has 0 spiro atoms. The van der Waals surface area contributed by atoms with E-state index in [2.05, 4.69) is 10.5 Å². The van der Waals surface area contributed by atoms with E-state index in [4.69, 9.17) is 4.52 Å². The SMILES string of the molecule is O=C1C(Cc2ccc(O)cc2)N2C(=O)CN(Cc3cc(-c4ccc(C(F)(F)F)cc4)no3)N(C(=O)NCc3ccccc3)C2CN1Cc1cccc2ccccc12. The van der Waals surface area contributed by atoms with Gasteiger partial charge in [-0.25, -0.2) is 9.80 Å². The van der Waals surface area contributed by atoms with E-state index in [1.54, 1.807) is 28.1 Å². The topological polar surface area (TPSA) is 122 Å². The van der Waals surface area contributed by atoms with E-state index in [1.807, 2.05) is 72.8 Å². The molecule has 4 amide bonds. The van der Waals surface area contributed by atoms with Crippen LogP contribution in [0.2, 0.25) is 0 Å². The van der Waals surface area contributed by atoms with Gasteiger partial charge in [0.25, 0.3) is 0 Å². The molecule has 0 bridgehead atoms. The molecule has 57 heavy (non-hydrogen) atoms. The van der Waals surface area contributed by atoms with Crippen molar-refractivity contribution < 1.29 is 37.2 Å². The Labute approximate surface area is 325 Å². The number of amides is 4. The number of halogens is 3. The largest absolute Gasteiger partial charge is 0.508 e. The first-order valence-corrected chi connectivity index (χ1v) is 18.4. The molecule has 290 valence electrons. The van der Waals surface area contributed by atoms with E-state index in [9.17, 15) is 32.7 Å². The van der Waals surface area contributed by atoms with Crippen molar-refractivity contribution in [1.82, 2.24) is 30.3 Å². The van der Waals surface area contributed by atoms with E-state index in [0.717, 1.165) is 34.0 Å². The molecular weight excluding hydrogens is 738 g/mol. The highest BCUT2D eigenvalue weighted by Crippen LogP contribution is 2.33. The number of fused-ring (bicyclic) bond motifs is 2. The molecule has 6 aromatic rings. The monoisotopic (exact) mass is 774 g/mol. The lowest BCUT2D eigenvalue weighted by Crippen LogP contribution is -2.76. The average Bonchev–Trinajstić information content (AvgIpc) is 3.68. The number of phenols is 1. The van der Waals surface area contributed by atoms with E-state index >= 15 is 0 Å². The number of hydrazine groups is 1. The highest BCUT2D eigenvalue weighted by molar-refractivity contribution is 5.92. The van der Waals surface area contributed by atoms with Gasteiger partial charge in [-0.05, 0) is 51.7 Å². The number of phenolic OH excluding ortho intramolecular Hbond substituents is 1. The molecule has 2 N–H and O–H groups in total. The maximum Gasteiger partial charge on any atom is 0.416 e. The highest BCUT2D eigenvalue weighted by atomic mass is 19.4. The van der Waals surface area contributed by atoms with E-state index in [-0.39, 0.29) is 62.3 Å². The zero-order valence-corrected chi connectivity index (χ0v) is 30.5. The van der Waals surface area contributed by atoms with Crippen molar-refractivity contribution in [2.45, 2.75) is 44.4 Å². The standard InChI is InChI=1S/C43H37F3N6O5/c44-43(45,46)33-17-15-31(16-18-33)37-22-35(57-48-37)25-50-27-40(54)51-38(21-28-13-19-34(53)20-14-28)41(55)49(24-32-11-6-10-30-9-4-5-12-36(30)32)26-39(51)52(50)42(56)47-23-29-7-2-1-3-8-29/h1-20,22,38-39,53H,21,23-27H2,(H,47,56). The fraction of sp³-hybridized carbons (Fsp3) is 0.209. The molecule has 11 nitrogen and oxygen atoms in total. The van der Waals surface area contributed by atoms with Crippen molar-refractivity contribution in [3.05, 3.63) is 155 Å². The Hall–Kier alpha value is -6.67. The maximum absolute atomic E-state index is 14.6. The smallest absolute Gasteiger partial charge is 0.416 e. The van der Waals surface area contributed by atoms with Crippen LogP contribution in [0, 0.1) is 0 Å². The van der Waals surface area contributed by atoms with Crippen molar-refractivity contribution >= 4 is 28.6 Å². The summed E-state index contributed by atoms with van der Waals surface area (Å²) in [5, 5.41) is 22.0. The number of carbonyl (C=O) groups is 3. The van der Waals surface area contributed by atoms with Gasteiger partial charge >= 0.3 is 12.2 Å². The van der Waals surface area contributed by atoms with Crippen LogP contribution in [0.5, 0.6) is 5.75 Å². The zero-order valence-electron chi connectivity index (χ0n) is 30.5. The second-order valence-corrected chi connectivity index (χ2v) is 14.1. The summed E-state index contributed by atoms with van der Waals surface area (Å²) in [7, 11) is 0. The number of hydrogen-bond acceptors (Lipinski definition) is 7. The number of aromatic nitrogens is 1. The highest BCUT2D eigenvalue weighted by Gasteiger charge is 2.51. The van der Waals surface area contributed by atoms with E-state index in [0.29, 0.717) is 11.1 Å². The Morgan fingerprint density at radius 1 is 0.842 bits per heavy atom. The number of nitrogens with one attached hydrogen (secondary N) is 1. The number of alkyl halides is 3. The van der Waals surface area contributed by atoms with Crippen LogP contribution in [-0.4, -0.2) is 73.2 Å². The fourth-order valence-electron chi connectivity index (χ4n) is 7.55. The second-order valence-electron chi connectivity index (χ2n) is 14.1. The van der Waals surface area contributed by atoms with Gasteiger partial charge in [-0.1, -0.05) is 102 Å². The number of benzene rings is 5. The molecule has 0 saturated carbocycles. The van der Waals surface area contributed by atoms with Crippen LogP contribution in [0.1, 0.15) is 28.0 Å². The second kappa shape index (κ2) is 15.5. The minimum atomic E-state index is -4.50. The number of carbonyl (C=O) groups excluding carboxylic acids is 3. The Kier molecular flexibility index (Phi) is 10.1. The minimum absolute atomic E-state index is 0.0116. The lowest BCUT2D eigenvalue weighted by atomic mass is 9.97. The summed E-state index contributed by atoms with van der Waals surface area (Å²) in [6, 6.07) is 34.1. The molecule has 5 aromatic carbocycles. The van der Waals surface area contributed by atoms with Crippen molar-refractivity contribution in [2.75, 3.05) is 13.1 Å². The van der Waals surface area contributed by atoms with Crippen LogP contribution >= 0.6 is 0 Å². The molecule has 1 aromatic heterocycles. The summed E-state index contributed by atoms with van der Waals surface area (Å²) in [4.78, 5) is 46.5. The molecule has 8 rings (SSSR count). The number of rotatable bonds is 9. The number of hydrogen-bond donors (Lipinski definition) is 2. The van der Waals surface area contributed by atoms with Crippen molar-refractivity contribution in [1.29, 1.82) is 0 Å². The number of nitrogens with zero attached hydrogens (tertiary/aromatic N) is 5. The molecule has 2 aliphatic heterocycles. The lowest BCUT2D eigenvalue weighted by molar-refractivity contribution is -0.193. The first-order chi connectivity index (χ1) is 27.5. The van der Waals surface area contributed by atoms with Gasteiger partial charge in [0.1, 0.15) is 23.7 Å². The van der Waals surface area contributed by atoms with Gasteiger partial charge in [-0.3, -0.25) is 9.59 Å². The van der Waals surface area contributed by atoms with Gasteiger partial charge in [0, 0.05) is 31.1 Å². The van der Waals surface area contributed by atoms with E-state index < -0.39 is 35.9 Å². The lowest BCUT2D eigenvalue weighted by Gasteiger charge is -2.55. The molecule has 0 radical (unpaired) electrons. The molecule has 2 fully saturated rings. The Morgan fingerprint density at radius 2 is 1.56 bits per heavy atom. The molecular formula is C43H37F3N6O5. The zero-order chi connectivity index (χ0) is 39.7. The first kappa shape index (κ1) is 37.3.